The van der Waals surface area contributed by atoms with Crippen LogP contribution >= 0.6 is 0 Å². The van der Waals surface area contributed by atoms with E-state index in [-0.39, 0.29) is 18.1 Å². The largest absolute Gasteiger partial charge is 0.384 e. The molecule has 2 bridgehead atoms. The van der Waals surface area contributed by atoms with Gasteiger partial charge < -0.3 is 21.5 Å². The monoisotopic (exact) mass is 490 g/mol. The second-order valence-electron chi connectivity index (χ2n) is 9.60. The molecule has 184 valence electrons. The number of nitrogens with one attached hydrogen (secondary N) is 1. The van der Waals surface area contributed by atoms with Gasteiger partial charge in [-0.15, -0.1) is 0 Å². The molecule has 2 unspecified atom stereocenters. The minimum absolute atomic E-state index is 0.153. The Kier molecular flexibility index (Phi) is 5.31. The molecule has 7 nitrogen and oxygen atoms in total. The van der Waals surface area contributed by atoms with E-state index in [1.165, 1.54) is 0 Å². The Morgan fingerprint density at radius 1 is 0.919 bits per heavy atom. The number of hydrogen-bond donors (Lipinski definition) is 3. The molecule has 0 aliphatic carbocycles. The molecule has 3 heterocycles. The van der Waals surface area contributed by atoms with Crippen molar-refractivity contribution in [3.8, 4) is 11.1 Å². The molecular weight excluding hydrogens is 464 g/mol. The summed E-state index contributed by atoms with van der Waals surface area (Å²) in [6.07, 6.45) is -0.437. The van der Waals surface area contributed by atoms with E-state index in [2.05, 4.69) is 16.4 Å². The second kappa shape index (κ2) is 8.57. The second-order valence-corrected chi connectivity index (χ2v) is 9.60. The third-order valence-electron chi connectivity index (χ3n) is 7.34. The lowest BCUT2D eigenvalue weighted by Crippen LogP contribution is -2.24. The number of benzene rings is 3. The molecule has 0 fully saturated rings. The van der Waals surface area contributed by atoms with Gasteiger partial charge in [0.15, 0.2) is 0 Å². The number of carbonyl (C=O) groups excluding carboxylic acids is 2. The molecule has 7 heteroatoms. The number of anilines is 1. The zero-order valence-electron chi connectivity index (χ0n) is 20.5. The molecule has 0 radical (unpaired) electrons. The van der Waals surface area contributed by atoms with Crippen molar-refractivity contribution in [2.45, 2.75) is 32.6 Å². The highest BCUT2D eigenvalue weighted by Crippen LogP contribution is 2.54. The average Bonchev–Trinajstić information content (AvgIpc) is 3.44. The van der Waals surface area contributed by atoms with Gasteiger partial charge in [0.1, 0.15) is 18.0 Å². The van der Waals surface area contributed by atoms with Crippen LogP contribution in [0.3, 0.4) is 0 Å². The van der Waals surface area contributed by atoms with Crippen LogP contribution in [0.5, 0.6) is 0 Å². The fourth-order valence-electron chi connectivity index (χ4n) is 5.53. The number of aromatic nitrogens is 1. The van der Waals surface area contributed by atoms with Gasteiger partial charge in [0, 0.05) is 23.4 Å². The number of ether oxygens (including phenoxy) is 1. The van der Waals surface area contributed by atoms with Gasteiger partial charge in [-0.05, 0) is 88.7 Å². The van der Waals surface area contributed by atoms with Crippen LogP contribution in [0.1, 0.15) is 72.0 Å². The van der Waals surface area contributed by atoms with Gasteiger partial charge >= 0.3 is 0 Å². The standard InChI is InChI=1S/C30H26N4O3/c1-15-11-26(31)34-16(2)25(15)14-33-30(36)18-8-10-21-24(13-18)28-20-9-7-17(12-23(20)27(21)37-28)19-5-3-4-6-22(19)29(32)35/h3-13,27-28H,14H2,1-2H3,(H2,31,34)(H2,32,35)(H,33,36). The fourth-order valence-corrected chi connectivity index (χ4v) is 5.53. The minimum atomic E-state index is -0.456. The van der Waals surface area contributed by atoms with E-state index in [1.807, 2.05) is 62.4 Å². The van der Waals surface area contributed by atoms with Crippen LogP contribution in [0.25, 0.3) is 11.1 Å². The molecule has 2 amide bonds. The number of amides is 2. The van der Waals surface area contributed by atoms with Crippen LogP contribution in [0.4, 0.5) is 5.82 Å². The maximum Gasteiger partial charge on any atom is 0.251 e. The number of primary amides is 1. The normalized spacial score (nSPS) is 16.8. The van der Waals surface area contributed by atoms with Crippen LogP contribution in [0.2, 0.25) is 0 Å². The molecule has 0 spiro atoms. The van der Waals surface area contributed by atoms with Gasteiger partial charge in [-0.2, -0.15) is 0 Å². The van der Waals surface area contributed by atoms with Gasteiger partial charge in [0.25, 0.3) is 5.91 Å². The summed E-state index contributed by atoms with van der Waals surface area (Å²) in [6, 6.07) is 21.0. The number of rotatable bonds is 5. The van der Waals surface area contributed by atoms with Crippen LogP contribution in [-0.4, -0.2) is 16.8 Å². The first kappa shape index (κ1) is 22.9. The first-order valence-electron chi connectivity index (χ1n) is 12.1. The van der Waals surface area contributed by atoms with Crippen LogP contribution in [0, 0.1) is 13.8 Å². The number of nitrogen functional groups attached to an aromatic ring is 1. The molecule has 3 aromatic carbocycles. The Bertz CT molecular complexity index is 1590. The molecule has 5 N–H and O–H groups in total. The predicted octanol–water partition coefficient (Wildman–Crippen LogP) is 4.50. The van der Waals surface area contributed by atoms with E-state index in [9.17, 15) is 9.59 Å². The number of pyridine rings is 1. The molecule has 1 aromatic heterocycles. The number of fused-ring (bicyclic) bond motifs is 8. The molecule has 4 aromatic rings. The van der Waals surface area contributed by atoms with E-state index < -0.39 is 5.91 Å². The van der Waals surface area contributed by atoms with Gasteiger partial charge in [0.05, 0.1) is 0 Å². The van der Waals surface area contributed by atoms with E-state index in [1.54, 1.807) is 12.1 Å². The summed E-state index contributed by atoms with van der Waals surface area (Å²) in [4.78, 5) is 29.3. The van der Waals surface area contributed by atoms with Gasteiger partial charge in [-0.3, -0.25) is 9.59 Å². The summed E-state index contributed by atoms with van der Waals surface area (Å²) in [5.41, 5.74) is 21.2. The van der Waals surface area contributed by atoms with Crippen molar-refractivity contribution in [2.24, 2.45) is 5.73 Å². The topological polar surface area (TPSA) is 120 Å². The fraction of sp³-hybridized carbons (Fsp3) is 0.167. The lowest BCUT2D eigenvalue weighted by atomic mass is 9.83. The Labute approximate surface area is 214 Å². The van der Waals surface area contributed by atoms with Gasteiger partial charge in [-0.25, -0.2) is 4.98 Å². The molecule has 0 saturated carbocycles. The van der Waals surface area contributed by atoms with E-state index in [4.69, 9.17) is 16.2 Å². The highest BCUT2D eigenvalue weighted by Gasteiger charge is 2.43. The number of carbonyl (C=O) groups is 2. The van der Waals surface area contributed by atoms with Gasteiger partial charge in [-0.1, -0.05) is 36.4 Å². The van der Waals surface area contributed by atoms with Crippen molar-refractivity contribution < 1.29 is 14.3 Å². The summed E-state index contributed by atoms with van der Waals surface area (Å²) in [6.45, 7) is 4.23. The Balaban J connectivity index is 1.26. The highest BCUT2D eigenvalue weighted by molar-refractivity contribution is 6.00. The third-order valence-corrected chi connectivity index (χ3v) is 7.34. The Morgan fingerprint density at radius 2 is 1.62 bits per heavy atom. The smallest absolute Gasteiger partial charge is 0.251 e. The summed E-state index contributed by atoms with van der Waals surface area (Å²) < 4.78 is 6.34. The van der Waals surface area contributed by atoms with Crippen molar-refractivity contribution in [1.29, 1.82) is 0 Å². The third kappa shape index (κ3) is 3.75. The first-order valence-corrected chi connectivity index (χ1v) is 12.1. The quantitative estimate of drug-likeness (QED) is 0.380. The van der Waals surface area contributed by atoms with E-state index >= 15 is 0 Å². The Hall–Kier alpha value is -4.49. The molecule has 0 saturated heterocycles. The van der Waals surface area contributed by atoms with Crippen molar-refractivity contribution in [2.75, 3.05) is 5.73 Å². The first-order chi connectivity index (χ1) is 17.8. The van der Waals surface area contributed by atoms with Crippen LogP contribution < -0.4 is 16.8 Å². The lowest BCUT2D eigenvalue weighted by Gasteiger charge is -2.18. The molecule has 6 rings (SSSR count). The highest BCUT2D eigenvalue weighted by atomic mass is 16.5. The summed E-state index contributed by atoms with van der Waals surface area (Å²) in [5.74, 6) is -0.133. The van der Waals surface area contributed by atoms with Crippen molar-refractivity contribution in [3.63, 3.8) is 0 Å². The van der Waals surface area contributed by atoms with Gasteiger partial charge in [0.2, 0.25) is 5.91 Å². The number of hydrogen-bond acceptors (Lipinski definition) is 5. The van der Waals surface area contributed by atoms with E-state index in [0.29, 0.717) is 23.5 Å². The summed E-state index contributed by atoms with van der Waals surface area (Å²) in [5, 5.41) is 3.01. The SMILES string of the molecule is Cc1cc(N)nc(C)c1CNC(=O)c1ccc2c(c1)C1OC2c2cc(-c3ccccc3C(N)=O)ccc21. The van der Waals surface area contributed by atoms with Crippen molar-refractivity contribution >= 4 is 17.6 Å². The zero-order chi connectivity index (χ0) is 25.8. The van der Waals surface area contributed by atoms with Crippen molar-refractivity contribution in [3.05, 3.63) is 117 Å². The predicted molar refractivity (Wildman–Crippen MR) is 141 cm³/mol. The van der Waals surface area contributed by atoms with Crippen LogP contribution in [-0.2, 0) is 11.3 Å². The minimum Gasteiger partial charge on any atom is -0.384 e. The van der Waals surface area contributed by atoms with Crippen LogP contribution in [0.15, 0.2) is 66.7 Å². The number of nitrogens with two attached hydrogens (primary N) is 2. The summed E-state index contributed by atoms with van der Waals surface area (Å²) in [7, 11) is 0. The molecule has 2 atom stereocenters. The molecule has 2 aliphatic heterocycles. The number of nitrogens with zero attached hydrogens (tertiary/aromatic N) is 1. The summed E-state index contributed by atoms with van der Waals surface area (Å²) >= 11 is 0. The average molecular weight is 491 g/mol. The zero-order valence-corrected chi connectivity index (χ0v) is 20.5. The molecule has 2 aliphatic rings. The van der Waals surface area contributed by atoms with Crippen molar-refractivity contribution in [1.82, 2.24) is 10.3 Å². The Morgan fingerprint density at radius 3 is 2.35 bits per heavy atom. The maximum absolute atomic E-state index is 13.0. The molecular formula is C30H26N4O3. The number of aryl methyl sites for hydroxylation is 2. The maximum atomic E-state index is 13.0. The van der Waals surface area contributed by atoms with E-state index in [0.717, 1.165) is 50.2 Å². The molecule has 37 heavy (non-hydrogen) atoms. The lowest BCUT2D eigenvalue weighted by molar-refractivity contribution is 0.0857.